The lowest BCUT2D eigenvalue weighted by Crippen LogP contribution is -2.52. The molecule has 0 spiro atoms. The number of hydrogen-bond donors (Lipinski definition) is 3. The molecule has 0 unspecified atom stereocenters. The van der Waals surface area contributed by atoms with Crippen molar-refractivity contribution in [2.45, 2.75) is 37.8 Å². The molecule has 1 aliphatic rings. The zero-order valence-electron chi connectivity index (χ0n) is 19.7. The summed E-state index contributed by atoms with van der Waals surface area (Å²) in [4.78, 5) is 32.2. The van der Waals surface area contributed by atoms with Crippen LogP contribution in [-0.4, -0.2) is 50.9 Å². The van der Waals surface area contributed by atoms with E-state index in [0.29, 0.717) is 6.07 Å². The topological polar surface area (TPSA) is 108 Å². The van der Waals surface area contributed by atoms with Gasteiger partial charge < -0.3 is 20.1 Å². The molecule has 0 bridgehead atoms. The summed E-state index contributed by atoms with van der Waals surface area (Å²) in [5.41, 5.74) is -0.204. The minimum atomic E-state index is -3.00. The summed E-state index contributed by atoms with van der Waals surface area (Å²) in [7, 11) is 0. The third-order valence-corrected chi connectivity index (χ3v) is 6.26. The fourth-order valence-corrected chi connectivity index (χ4v) is 4.14. The summed E-state index contributed by atoms with van der Waals surface area (Å²) >= 11 is 0. The second-order valence-electron chi connectivity index (χ2n) is 8.73. The molecule has 196 valence electrons. The lowest BCUT2D eigenvalue weighted by atomic mass is 9.87. The molecule has 8 nitrogen and oxygen atoms in total. The number of aliphatic hydroxyl groups is 1. The number of ether oxygens (including phenoxy) is 1. The number of nitrogens with one attached hydrogen (secondary N) is 2. The number of benzene rings is 1. The van der Waals surface area contributed by atoms with E-state index in [4.69, 9.17) is 4.74 Å². The van der Waals surface area contributed by atoms with Crippen molar-refractivity contribution in [1.82, 2.24) is 14.9 Å². The van der Waals surface area contributed by atoms with Crippen LogP contribution >= 0.6 is 0 Å². The molecule has 4 rings (SSSR count). The van der Waals surface area contributed by atoms with Gasteiger partial charge in [-0.25, -0.2) is 22.5 Å². The van der Waals surface area contributed by atoms with E-state index in [2.05, 4.69) is 15.3 Å². The van der Waals surface area contributed by atoms with Crippen LogP contribution in [0.5, 0.6) is 11.5 Å². The number of carbonyl (C=O) groups is 1. The number of aromatic nitrogens is 2. The predicted octanol–water partition coefficient (Wildman–Crippen LogP) is 3.78. The first-order valence-corrected chi connectivity index (χ1v) is 11.4. The highest BCUT2D eigenvalue weighted by molar-refractivity contribution is 5.93. The van der Waals surface area contributed by atoms with Crippen LogP contribution in [0.1, 0.15) is 30.4 Å². The van der Waals surface area contributed by atoms with Crippen molar-refractivity contribution in [3.8, 4) is 11.5 Å². The van der Waals surface area contributed by atoms with E-state index in [-0.39, 0.29) is 41.5 Å². The first-order valence-electron chi connectivity index (χ1n) is 11.4. The summed E-state index contributed by atoms with van der Waals surface area (Å²) < 4.78 is 62.1. The first kappa shape index (κ1) is 26.3. The molecule has 37 heavy (non-hydrogen) atoms. The molecule has 12 heteroatoms. The number of halogens is 4. The number of anilines is 1. The van der Waals surface area contributed by atoms with Crippen molar-refractivity contribution < 1.29 is 32.2 Å². The number of aromatic amines is 1. The van der Waals surface area contributed by atoms with Crippen LogP contribution < -0.4 is 15.6 Å². The number of pyridine rings is 2. The third kappa shape index (κ3) is 5.97. The summed E-state index contributed by atoms with van der Waals surface area (Å²) in [5, 5.41) is 11.9. The van der Waals surface area contributed by atoms with Gasteiger partial charge in [0.05, 0.1) is 24.8 Å². The van der Waals surface area contributed by atoms with Crippen molar-refractivity contribution in [2.75, 3.05) is 18.4 Å². The highest BCUT2D eigenvalue weighted by Gasteiger charge is 2.46. The Labute approximate surface area is 208 Å². The van der Waals surface area contributed by atoms with Crippen LogP contribution in [0.15, 0.2) is 53.6 Å². The standard InChI is InChI=1S/C25H24F4N4O4/c1-14(33-7-6-25(28,29)19(12-33)15-2-5-22(35)31-10-15)24(36)32-21-4-3-18(11-30-21)37-23-16(13-34)8-17(26)9-20(23)27/h2-5,8-11,14,19,34H,6-7,12-13H2,1H3,(H,31,35)(H,30,32,36)/t14-,19+/m0/s1. The fourth-order valence-electron chi connectivity index (χ4n) is 4.14. The molecule has 1 aliphatic heterocycles. The molecule has 1 amide bonds. The Hall–Kier alpha value is -3.77. The van der Waals surface area contributed by atoms with Gasteiger partial charge in [-0.1, -0.05) is 6.07 Å². The highest BCUT2D eigenvalue weighted by atomic mass is 19.3. The van der Waals surface area contributed by atoms with Crippen molar-refractivity contribution in [1.29, 1.82) is 0 Å². The van der Waals surface area contributed by atoms with Gasteiger partial charge in [-0.05, 0) is 30.7 Å². The number of nitrogens with zero attached hydrogens (tertiary/aromatic N) is 2. The second-order valence-corrected chi connectivity index (χ2v) is 8.73. The average Bonchev–Trinajstić information content (AvgIpc) is 2.86. The molecular formula is C25H24F4N4O4. The molecular weight excluding hydrogens is 496 g/mol. The minimum Gasteiger partial charge on any atom is -0.452 e. The third-order valence-electron chi connectivity index (χ3n) is 6.26. The molecule has 3 aromatic rings. The number of aliphatic hydroxyl groups excluding tert-OH is 1. The van der Waals surface area contributed by atoms with Crippen molar-refractivity contribution in [2.24, 2.45) is 0 Å². The summed E-state index contributed by atoms with van der Waals surface area (Å²) in [6, 6.07) is 6.14. The number of piperidine rings is 1. The molecule has 2 aromatic heterocycles. The minimum absolute atomic E-state index is 0.00191. The van der Waals surface area contributed by atoms with Gasteiger partial charge in [0, 0.05) is 43.4 Å². The van der Waals surface area contributed by atoms with Crippen LogP contribution in [0.2, 0.25) is 0 Å². The summed E-state index contributed by atoms with van der Waals surface area (Å²) in [6.07, 6.45) is 2.02. The number of rotatable bonds is 7. The van der Waals surface area contributed by atoms with Crippen LogP contribution in [0.4, 0.5) is 23.4 Å². The zero-order chi connectivity index (χ0) is 26.7. The maximum Gasteiger partial charge on any atom is 0.257 e. The van der Waals surface area contributed by atoms with E-state index >= 15 is 0 Å². The number of amides is 1. The molecule has 0 saturated carbocycles. The number of likely N-dealkylation sites (tertiary alicyclic amines) is 1. The molecule has 3 N–H and O–H groups in total. The first-order chi connectivity index (χ1) is 17.6. The van der Waals surface area contributed by atoms with E-state index in [1.54, 1.807) is 11.8 Å². The molecule has 3 heterocycles. The van der Waals surface area contributed by atoms with Gasteiger partial charge in [0.25, 0.3) is 5.92 Å². The largest absolute Gasteiger partial charge is 0.452 e. The lowest BCUT2D eigenvalue weighted by molar-refractivity contribution is -0.125. The van der Waals surface area contributed by atoms with E-state index in [1.165, 1.54) is 36.7 Å². The van der Waals surface area contributed by atoms with E-state index < -0.39 is 54.0 Å². The number of alkyl halides is 2. The highest BCUT2D eigenvalue weighted by Crippen LogP contribution is 2.40. The van der Waals surface area contributed by atoms with Crippen molar-refractivity contribution >= 4 is 11.7 Å². The quantitative estimate of drug-likeness (QED) is 0.410. The fraction of sp³-hybridized carbons (Fsp3) is 0.320. The Morgan fingerprint density at radius 2 is 2.08 bits per heavy atom. The van der Waals surface area contributed by atoms with Crippen LogP contribution in [-0.2, 0) is 11.4 Å². The second kappa shape index (κ2) is 10.7. The maximum absolute atomic E-state index is 14.6. The molecule has 1 fully saturated rings. The van der Waals surface area contributed by atoms with Gasteiger partial charge >= 0.3 is 0 Å². The van der Waals surface area contributed by atoms with Gasteiger partial charge in [0.1, 0.15) is 17.4 Å². The van der Waals surface area contributed by atoms with E-state index in [0.717, 1.165) is 6.07 Å². The number of H-pyrrole nitrogens is 1. The van der Waals surface area contributed by atoms with Gasteiger partial charge in [-0.2, -0.15) is 0 Å². The lowest BCUT2D eigenvalue weighted by Gasteiger charge is -2.40. The SMILES string of the molecule is C[C@@H](C(=O)Nc1ccc(Oc2c(F)cc(F)cc2CO)cn1)N1CCC(F)(F)[C@@H](c2ccc(=O)[nH]c2)C1. The Morgan fingerprint density at radius 1 is 1.30 bits per heavy atom. The smallest absolute Gasteiger partial charge is 0.257 e. The van der Waals surface area contributed by atoms with Crippen LogP contribution in [0.25, 0.3) is 0 Å². The van der Waals surface area contributed by atoms with Gasteiger partial charge in [-0.3, -0.25) is 14.5 Å². The Morgan fingerprint density at radius 3 is 2.73 bits per heavy atom. The van der Waals surface area contributed by atoms with Gasteiger partial charge in [-0.15, -0.1) is 0 Å². The average molecular weight is 520 g/mol. The Kier molecular flexibility index (Phi) is 7.60. The number of carbonyl (C=O) groups excluding carboxylic acids is 1. The molecule has 0 aliphatic carbocycles. The van der Waals surface area contributed by atoms with E-state index in [9.17, 15) is 32.3 Å². The Balaban J connectivity index is 1.41. The van der Waals surface area contributed by atoms with Gasteiger partial charge in [0.2, 0.25) is 11.5 Å². The molecule has 2 atom stereocenters. The molecule has 1 aromatic carbocycles. The zero-order valence-corrected chi connectivity index (χ0v) is 19.7. The predicted molar refractivity (Wildman–Crippen MR) is 126 cm³/mol. The molecule has 0 radical (unpaired) electrons. The van der Waals surface area contributed by atoms with Crippen LogP contribution in [0.3, 0.4) is 0 Å². The van der Waals surface area contributed by atoms with Crippen LogP contribution in [0, 0.1) is 11.6 Å². The van der Waals surface area contributed by atoms with E-state index in [1.807, 2.05) is 0 Å². The summed E-state index contributed by atoms with van der Waals surface area (Å²) in [5.74, 6) is -6.65. The normalized spacial score (nSPS) is 18.3. The molecule has 1 saturated heterocycles. The van der Waals surface area contributed by atoms with Crippen molar-refractivity contribution in [3.63, 3.8) is 0 Å². The number of hydrogen-bond acceptors (Lipinski definition) is 6. The Bertz CT molecular complexity index is 1310. The monoisotopic (exact) mass is 520 g/mol. The van der Waals surface area contributed by atoms with Crippen molar-refractivity contribution in [3.05, 3.63) is 81.9 Å². The summed E-state index contributed by atoms with van der Waals surface area (Å²) in [6.45, 7) is 0.852. The maximum atomic E-state index is 14.6. The van der Waals surface area contributed by atoms with Gasteiger partial charge in [0.15, 0.2) is 11.6 Å².